The molecule has 0 aliphatic carbocycles. The van der Waals surface area contributed by atoms with Gasteiger partial charge in [-0.05, 0) is 56.6 Å². The zero-order chi connectivity index (χ0) is 22.4. The molecule has 0 saturated carbocycles. The van der Waals surface area contributed by atoms with Crippen LogP contribution in [0, 0.1) is 0 Å². The second kappa shape index (κ2) is 12.0. The summed E-state index contributed by atoms with van der Waals surface area (Å²) in [5.74, 6) is 0.910. The fraction of sp³-hybridized carbons (Fsp3) is 0.364. The largest absolute Gasteiger partial charge is 0.308 e. The summed E-state index contributed by atoms with van der Waals surface area (Å²) in [6.07, 6.45) is 2.41. The number of likely N-dealkylation sites (N-methyl/N-ethyl adjacent to an activating group) is 1. The number of anilines is 1. The molecule has 3 rings (SSSR count). The van der Waals surface area contributed by atoms with Crippen molar-refractivity contribution in [2.24, 2.45) is 0 Å². The van der Waals surface area contributed by atoms with E-state index >= 15 is 0 Å². The number of amides is 1. The number of hydrogen-bond acceptors (Lipinski definition) is 7. The standard InChI is InChI=1S/C22H27N3O3S3.ClH/c1-24(2)13-14-25(21(26)10-7-15-29-17-8-5-4-6-9-17)22-23-19-12-11-18(31(3,27)28)16-20(19)30-22;/h4-6,8-9,11-12,16H,7,10,13-15H2,1-3H3;1H. The van der Waals surface area contributed by atoms with Crippen molar-refractivity contribution in [3.8, 4) is 0 Å². The minimum Gasteiger partial charge on any atom is -0.308 e. The van der Waals surface area contributed by atoms with Gasteiger partial charge in [0.2, 0.25) is 5.91 Å². The summed E-state index contributed by atoms with van der Waals surface area (Å²) in [7, 11) is 0.645. The Morgan fingerprint density at radius 2 is 1.81 bits per heavy atom. The summed E-state index contributed by atoms with van der Waals surface area (Å²) < 4.78 is 24.5. The number of thioether (sulfide) groups is 1. The lowest BCUT2D eigenvalue weighted by molar-refractivity contribution is -0.118. The Hall–Kier alpha value is -1.65. The minimum absolute atomic E-state index is 0. The van der Waals surface area contributed by atoms with Crippen LogP contribution in [0.5, 0.6) is 0 Å². The molecule has 0 N–H and O–H groups in total. The second-order valence-electron chi connectivity index (χ2n) is 7.51. The van der Waals surface area contributed by atoms with Crippen molar-refractivity contribution < 1.29 is 13.2 Å². The lowest BCUT2D eigenvalue weighted by Crippen LogP contribution is -2.36. The molecule has 10 heteroatoms. The lowest BCUT2D eigenvalue weighted by Gasteiger charge is -2.22. The maximum absolute atomic E-state index is 13.0. The molecule has 32 heavy (non-hydrogen) atoms. The van der Waals surface area contributed by atoms with Crippen LogP contribution in [0.3, 0.4) is 0 Å². The Balaban J connectivity index is 0.00000363. The topological polar surface area (TPSA) is 70.6 Å². The van der Waals surface area contributed by atoms with Gasteiger partial charge < -0.3 is 4.90 Å². The number of thiazole rings is 1. The number of carbonyl (C=O) groups excluding carboxylic acids is 1. The van der Waals surface area contributed by atoms with Gasteiger partial charge in [-0.15, -0.1) is 24.2 Å². The molecule has 0 atom stereocenters. The molecule has 0 aliphatic heterocycles. The molecule has 0 aliphatic rings. The number of rotatable bonds is 10. The molecule has 3 aromatic rings. The quantitative estimate of drug-likeness (QED) is 0.292. The van der Waals surface area contributed by atoms with Crippen molar-refractivity contribution in [1.82, 2.24) is 9.88 Å². The average Bonchev–Trinajstić information content (AvgIpc) is 3.14. The van der Waals surface area contributed by atoms with Gasteiger partial charge in [-0.25, -0.2) is 13.4 Å². The van der Waals surface area contributed by atoms with Crippen LogP contribution in [0.25, 0.3) is 10.2 Å². The Morgan fingerprint density at radius 3 is 2.47 bits per heavy atom. The van der Waals surface area contributed by atoms with E-state index in [0.717, 1.165) is 23.4 Å². The summed E-state index contributed by atoms with van der Waals surface area (Å²) >= 11 is 3.10. The third-order valence-corrected chi connectivity index (χ3v) is 7.88. The first-order valence-corrected chi connectivity index (χ1v) is 13.7. The molecule has 2 aromatic carbocycles. The fourth-order valence-corrected chi connectivity index (χ4v) is 5.57. The zero-order valence-corrected chi connectivity index (χ0v) is 21.6. The molecule has 1 heterocycles. The molecule has 0 saturated heterocycles. The van der Waals surface area contributed by atoms with Crippen LogP contribution < -0.4 is 4.90 Å². The number of nitrogens with zero attached hydrogens (tertiary/aromatic N) is 3. The SMILES string of the molecule is CN(C)CCN(C(=O)CCCSc1ccccc1)c1nc2ccc(S(C)(=O)=O)cc2s1.Cl. The Bertz CT molecular complexity index is 1140. The van der Waals surface area contributed by atoms with Gasteiger partial charge in [0, 0.05) is 30.7 Å². The number of benzene rings is 2. The van der Waals surface area contributed by atoms with Crippen molar-refractivity contribution in [3.05, 3.63) is 48.5 Å². The predicted molar refractivity (Wildman–Crippen MR) is 137 cm³/mol. The molecule has 174 valence electrons. The van der Waals surface area contributed by atoms with Crippen molar-refractivity contribution in [2.75, 3.05) is 44.1 Å². The Labute approximate surface area is 204 Å². The van der Waals surface area contributed by atoms with E-state index in [1.807, 2.05) is 37.2 Å². The highest BCUT2D eigenvalue weighted by molar-refractivity contribution is 7.99. The summed E-state index contributed by atoms with van der Waals surface area (Å²) in [6.45, 7) is 1.26. The van der Waals surface area contributed by atoms with Gasteiger partial charge in [0.1, 0.15) is 0 Å². The van der Waals surface area contributed by atoms with Crippen LogP contribution in [0.15, 0.2) is 58.3 Å². The average molecular weight is 514 g/mol. The molecular weight excluding hydrogens is 486 g/mol. The maximum Gasteiger partial charge on any atom is 0.228 e. The highest BCUT2D eigenvalue weighted by Gasteiger charge is 2.20. The van der Waals surface area contributed by atoms with Crippen LogP contribution in [-0.2, 0) is 14.6 Å². The molecule has 1 aromatic heterocycles. The van der Waals surface area contributed by atoms with Gasteiger partial charge in [0.05, 0.1) is 15.1 Å². The molecule has 1 amide bonds. The van der Waals surface area contributed by atoms with Gasteiger partial charge in [-0.3, -0.25) is 9.69 Å². The Kier molecular flexibility index (Phi) is 9.97. The van der Waals surface area contributed by atoms with Crippen LogP contribution in [0.2, 0.25) is 0 Å². The molecule has 6 nitrogen and oxygen atoms in total. The number of halogens is 1. The normalized spacial score (nSPS) is 11.5. The van der Waals surface area contributed by atoms with Crippen LogP contribution in [0.4, 0.5) is 5.13 Å². The third kappa shape index (κ3) is 7.45. The van der Waals surface area contributed by atoms with E-state index in [0.29, 0.717) is 23.6 Å². The molecule has 0 bridgehead atoms. The highest BCUT2D eigenvalue weighted by Crippen LogP contribution is 2.31. The molecule has 0 spiro atoms. The fourth-order valence-electron chi connectivity index (χ4n) is 2.93. The number of carbonyl (C=O) groups is 1. The van der Waals surface area contributed by atoms with E-state index in [9.17, 15) is 13.2 Å². The second-order valence-corrected chi connectivity index (χ2v) is 11.7. The summed E-state index contributed by atoms with van der Waals surface area (Å²) in [5.41, 5.74) is 0.703. The van der Waals surface area contributed by atoms with Crippen LogP contribution >= 0.6 is 35.5 Å². The zero-order valence-electron chi connectivity index (χ0n) is 18.4. The van der Waals surface area contributed by atoms with Crippen LogP contribution in [0.1, 0.15) is 12.8 Å². The van der Waals surface area contributed by atoms with Gasteiger partial charge in [-0.2, -0.15) is 0 Å². The van der Waals surface area contributed by atoms with Gasteiger partial charge in [0.25, 0.3) is 0 Å². The first kappa shape index (κ1) is 26.6. The Morgan fingerprint density at radius 1 is 1.09 bits per heavy atom. The van der Waals surface area contributed by atoms with Crippen LogP contribution in [-0.4, -0.2) is 63.4 Å². The third-order valence-electron chi connectivity index (χ3n) is 4.63. The minimum atomic E-state index is -3.29. The number of hydrogen-bond donors (Lipinski definition) is 0. The van der Waals surface area contributed by atoms with Crippen molar-refractivity contribution in [2.45, 2.75) is 22.6 Å². The van der Waals surface area contributed by atoms with Crippen molar-refractivity contribution in [1.29, 1.82) is 0 Å². The van der Waals surface area contributed by atoms with Gasteiger partial charge >= 0.3 is 0 Å². The lowest BCUT2D eigenvalue weighted by atomic mass is 10.3. The summed E-state index contributed by atoms with van der Waals surface area (Å²) in [5, 5.41) is 0.614. The number of sulfone groups is 1. The smallest absolute Gasteiger partial charge is 0.228 e. The monoisotopic (exact) mass is 513 g/mol. The van der Waals surface area contributed by atoms with Crippen molar-refractivity contribution >= 4 is 66.6 Å². The maximum atomic E-state index is 13.0. The van der Waals surface area contributed by atoms with E-state index in [2.05, 4.69) is 17.1 Å². The molecule has 0 unspecified atom stereocenters. The molecular formula is C22H28ClN3O3S3. The number of aromatic nitrogens is 1. The highest BCUT2D eigenvalue weighted by atomic mass is 35.5. The first-order chi connectivity index (χ1) is 14.7. The number of fused-ring (bicyclic) bond motifs is 1. The van der Waals surface area contributed by atoms with E-state index in [-0.39, 0.29) is 23.2 Å². The summed E-state index contributed by atoms with van der Waals surface area (Å²) in [4.78, 5) is 22.9. The van der Waals surface area contributed by atoms with Crippen molar-refractivity contribution in [3.63, 3.8) is 0 Å². The van der Waals surface area contributed by atoms with E-state index < -0.39 is 9.84 Å². The van der Waals surface area contributed by atoms with Gasteiger partial charge in [0.15, 0.2) is 15.0 Å². The molecule has 0 fully saturated rings. The predicted octanol–water partition coefficient (Wildman–Crippen LogP) is 4.59. The summed E-state index contributed by atoms with van der Waals surface area (Å²) in [6, 6.07) is 15.1. The van der Waals surface area contributed by atoms with E-state index in [1.54, 1.807) is 34.9 Å². The first-order valence-electron chi connectivity index (χ1n) is 9.97. The molecule has 0 radical (unpaired) electrons. The van der Waals surface area contributed by atoms with E-state index in [1.165, 1.54) is 22.5 Å². The van der Waals surface area contributed by atoms with Gasteiger partial charge in [-0.1, -0.05) is 29.5 Å². The van der Waals surface area contributed by atoms with E-state index in [4.69, 9.17) is 0 Å².